The largest absolute Gasteiger partial charge is 0.356 e. The van der Waals surface area contributed by atoms with Crippen LogP contribution in [-0.4, -0.2) is 15.1 Å². The highest BCUT2D eigenvalue weighted by molar-refractivity contribution is 5.92. The van der Waals surface area contributed by atoms with Crippen molar-refractivity contribution >= 4 is 23.4 Å². The van der Waals surface area contributed by atoms with E-state index in [0.29, 0.717) is 12.1 Å². The van der Waals surface area contributed by atoms with Crippen molar-refractivity contribution < 1.29 is 4.52 Å². The Morgan fingerprint density at radius 1 is 1.14 bits per heavy atom. The summed E-state index contributed by atoms with van der Waals surface area (Å²) < 4.78 is 5.44. The molecule has 1 atom stereocenters. The first-order chi connectivity index (χ1) is 13.2. The molecule has 0 saturated heterocycles. The molecule has 0 bridgehead atoms. The normalized spacial score (nSPS) is 11.6. The molecule has 2 N–H and O–H groups in total. The summed E-state index contributed by atoms with van der Waals surface area (Å²) in [6.45, 7) is 1.96. The predicted octanol–water partition coefficient (Wildman–Crippen LogP) is 4.13. The maximum absolute atomic E-state index is 9.10. The van der Waals surface area contributed by atoms with Gasteiger partial charge in [-0.2, -0.15) is 5.26 Å². The molecule has 0 spiro atoms. The van der Waals surface area contributed by atoms with Crippen molar-refractivity contribution in [3.05, 3.63) is 77.4 Å². The van der Waals surface area contributed by atoms with Gasteiger partial charge in [-0.25, -0.2) is 4.98 Å². The van der Waals surface area contributed by atoms with Crippen LogP contribution in [0.4, 0.5) is 0 Å². The lowest BCUT2D eigenvalue weighted by Crippen LogP contribution is -2.17. The zero-order valence-electron chi connectivity index (χ0n) is 15.2. The fraction of sp³-hybridized carbons (Fsp3) is 0.143. The Kier molecular flexibility index (Phi) is 5.69. The Morgan fingerprint density at radius 3 is 2.79 bits per heavy atom. The average Bonchev–Trinajstić information content (AvgIpc) is 3.13. The molecule has 0 unspecified atom stereocenters. The van der Waals surface area contributed by atoms with E-state index in [1.54, 1.807) is 12.3 Å². The number of fused-ring (bicyclic) bond motifs is 1. The molecule has 28 heavy (non-hydrogen) atoms. The summed E-state index contributed by atoms with van der Waals surface area (Å²) in [4.78, 5) is 8.91. The summed E-state index contributed by atoms with van der Waals surface area (Å²) in [6.07, 6.45) is 2.19. The highest BCUT2D eigenvalue weighted by atomic mass is 35.5. The molecule has 6 nitrogen and oxygen atoms in total. The van der Waals surface area contributed by atoms with Crippen LogP contribution in [0, 0.1) is 18.3 Å². The third-order valence-electron chi connectivity index (χ3n) is 4.55. The van der Waals surface area contributed by atoms with Gasteiger partial charge in [0.2, 0.25) is 0 Å². The number of hydrogen-bond acceptors (Lipinski definition) is 6. The van der Waals surface area contributed by atoms with E-state index in [0.717, 1.165) is 39.2 Å². The van der Waals surface area contributed by atoms with Gasteiger partial charge in [-0.05, 0) is 42.8 Å². The van der Waals surface area contributed by atoms with E-state index >= 15 is 0 Å². The van der Waals surface area contributed by atoms with Crippen LogP contribution in [0.25, 0.3) is 22.2 Å². The second-order valence-corrected chi connectivity index (χ2v) is 6.35. The highest BCUT2D eigenvalue weighted by Gasteiger charge is 2.20. The van der Waals surface area contributed by atoms with Crippen LogP contribution in [0.5, 0.6) is 0 Å². The Labute approximate surface area is 168 Å². The summed E-state index contributed by atoms with van der Waals surface area (Å²) in [6, 6.07) is 16.8. The van der Waals surface area contributed by atoms with Crippen LogP contribution in [0.2, 0.25) is 0 Å². The summed E-state index contributed by atoms with van der Waals surface area (Å²) >= 11 is 0. The van der Waals surface area contributed by atoms with Gasteiger partial charge in [0, 0.05) is 29.3 Å². The number of aryl methyl sites for hydroxylation is 1. The van der Waals surface area contributed by atoms with Crippen LogP contribution < -0.4 is 5.73 Å². The van der Waals surface area contributed by atoms with E-state index in [4.69, 9.17) is 15.5 Å². The standard InChI is InChI=1S/C21H17N5O.ClH/c1-13-8-9-14(12-22)25-18(13)11-17(23)21-16(6-4-10-24-21)20-15-5-2-3-7-19(15)27-26-20;/h2-10,17H,11,23H2,1H3;1H/t17-;/m0./s1. The molecule has 4 aromatic rings. The number of nitriles is 1. The number of para-hydroxylation sites is 1. The number of halogens is 1. The Morgan fingerprint density at radius 2 is 1.96 bits per heavy atom. The van der Waals surface area contributed by atoms with Crippen LogP contribution >= 0.6 is 12.4 Å². The molecule has 1 aromatic carbocycles. The van der Waals surface area contributed by atoms with Gasteiger partial charge in [-0.3, -0.25) is 4.98 Å². The van der Waals surface area contributed by atoms with Gasteiger partial charge in [0.25, 0.3) is 0 Å². The number of aromatic nitrogens is 3. The van der Waals surface area contributed by atoms with E-state index in [-0.39, 0.29) is 12.4 Å². The van der Waals surface area contributed by atoms with Gasteiger partial charge in [0.1, 0.15) is 17.5 Å². The minimum Gasteiger partial charge on any atom is -0.356 e. The number of nitrogens with two attached hydrogens (primary N) is 1. The Balaban J connectivity index is 0.00000225. The number of hydrogen-bond donors (Lipinski definition) is 1. The Bertz CT molecular complexity index is 1160. The van der Waals surface area contributed by atoms with E-state index in [1.807, 2.05) is 49.4 Å². The van der Waals surface area contributed by atoms with Crippen molar-refractivity contribution in [2.75, 3.05) is 0 Å². The SMILES string of the molecule is Cc1ccc(C#N)nc1C[C@H](N)c1ncccc1-c1noc2ccccc12.Cl. The third kappa shape index (κ3) is 3.58. The zero-order valence-corrected chi connectivity index (χ0v) is 16.0. The molecular formula is C21H18ClN5O. The quantitative estimate of drug-likeness (QED) is 0.561. The van der Waals surface area contributed by atoms with Gasteiger partial charge < -0.3 is 10.3 Å². The molecule has 4 rings (SSSR count). The fourth-order valence-corrected chi connectivity index (χ4v) is 3.14. The molecule has 0 saturated carbocycles. The number of pyridine rings is 2. The van der Waals surface area contributed by atoms with Crippen molar-refractivity contribution in [1.29, 1.82) is 5.26 Å². The van der Waals surface area contributed by atoms with E-state index in [1.165, 1.54) is 0 Å². The third-order valence-corrected chi connectivity index (χ3v) is 4.55. The molecule has 0 aliphatic heterocycles. The maximum atomic E-state index is 9.10. The first-order valence-electron chi connectivity index (χ1n) is 8.59. The number of rotatable bonds is 4. The lowest BCUT2D eigenvalue weighted by Gasteiger charge is -2.15. The van der Waals surface area contributed by atoms with Crippen molar-refractivity contribution in [3.8, 4) is 17.3 Å². The Hall–Kier alpha value is -3.27. The van der Waals surface area contributed by atoms with Gasteiger partial charge in [-0.15, -0.1) is 12.4 Å². The lowest BCUT2D eigenvalue weighted by atomic mass is 9.98. The van der Waals surface area contributed by atoms with Crippen molar-refractivity contribution in [1.82, 2.24) is 15.1 Å². The molecule has 0 aliphatic rings. The second kappa shape index (κ2) is 8.17. The van der Waals surface area contributed by atoms with Gasteiger partial charge in [0.15, 0.2) is 5.58 Å². The number of benzene rings is 1. The second-order valence-electron chi connectivity index (χ2n) is 6.35. The lowest BCUT2D eigenvalue weighted by molar-refractivity contribution is 0.459. The summed E-state index contributed by atoms with van der Waals surface area (Å²) in [5.41, 5.74) is 11.7. The van der Waals surface area contributed by atoms with Crippen LogP contribution in [0.15, 0.2) is 59.3 Å². The van der Waals surface area contributed by atoms with E-state index < -0.39 is 6.04 Å². The molecular weight excluding hydrogens is 374 g/mol. The van der Waals surface area contributed by atoms with Gasteiger partial charge >= 0.3 is 0 Å². The van der Waals surface area contributed by atoms with Crippen LogP contribution in [0.1, 0.15) is 28.7 Å². The minimum absolute atomic E-state index is 0. The summed E-state index contributed by atoms with van der Waals surface area (Å²) in [7, 11) is 0. The smallest absolute Gasteiger partial charge is 0.167 e. The van der Waals surface area contributed by atoms with Crippen molar-refractivity contribution in [2.45, 2.75) is 19.4 Å². The highest BCUT2D eigenvalue weighted by Crippen LogP contribution is 2.32. The van der Waals surface area contributed by atoms with Crippen LogP contribution in [0.3, 0.4) is 0 Å². The topological polar surface area (TPSA) is 102 Å². The summed E-state index contributed by atoms with van der Waals surface area (Å²) in [5, 5.41) is 14.2. The first-order valence-corrected chi connectivity index (χ1v) is 8.59. The average molecular weight is 392 g/mol. The summed E-state index contributed by atoms with van der Waals surface area (Å²) in [5.74, 6) is 0. The predicted molar refractivity (Wildman–Crippen MR) is 109 cm³/mol. The number of nitrogens with zero attached hydrogens (tertiary/aromatic N) is 4. The molecule has 0 radical (unpaired) electrons. The van der Waals surface area contributed by atoms with Gasteiger partial charge in [-0.1, -0.05) is 23.4 Å². The first kappa shape index (κ1) is 19.5. The molecule has 7 heteroatoms. The molecule has 3 heterocycles. The van der Waals surface area contributed by atoms with Crippen LogP contribution in [-0.2, 0) is 6.42 Å². The molecule has 3 aromatic heterocycles. The molecule has 140 valence electrons. The fourth-order valence-electron chi connectivity index (χ4n) is 3.14. The molecule has 0 aliphatic carbocycles. The van der Waals surface area contributed by atoms with E-state index in [2.05, 4.69) is 21.2 Å². The monoisotopic (exact) mass is 391 g/mol. The van der Waals surface area contributed by atoms with E-state index in [9.17, 15) is 0 Å². The van der Waals surface area contributed by atoms with Crippen molar-refractivity contribution in [2.24, 2.45) is 5.73 Å². The maximum Gasteiger partial charge on any atom is 0.167 e. The molecule has 0 amide bonds. The van der Waals surface area contributed by atoms with Crippen molar-refractivity contribution in [3.63, 3.8) is 0 Å². The van der Waals surface area contributed by atoms with Gasteiger partial charge in [0.05, 0.1) is 11.7 Å². The zero-order chi connectivity index (χ0) is 18.8. The minimum atomic E-state index is -0.392. The molecule has 0 fully saturated rings.